The molecule has 2 aliphatic heterocycles. The number of hydrogen-bond donors (Lipinski definition) is 1. The molecule has 2 amide bonds. The van der Waals surface area contributed by atoms with Crippen molar-refractivity contribution < 1.29 is 27.5 Å². The lowest BCUT2D eigenvalue weighted by molar-refractivity contribution is -0.147. The van der Waals surface area contributed by atoms with Gasteiger partial charge in [-0.25, -0.2) is 18.2 Å². The summed E-state index contributed by atoms with van der Waals surface area (Å²) in [6.45, 7) is 3.29. The number of amides is 2. The number of benzene rings is 1. The third-order valence-electron chi connectivity index (χ3n) is 4.91. The predicted molar refractivity (Wildman–Crippen MR) is 106 cm³/mol. The Hall–Kier alpha value is -2.75. The molecule has 2 atom stereocenters. The number of aryl methyl sites for hydroxylation is 1. The summed E-state index contributed by atoms with van der Waals surface area (Å²) in [5.74, 6) is -1.78. The molecule has 0 radical (unpaired) electrons. The SMILES string of the molecule is Cc1ccccc1NC(=O)[C@@H](C)OC(=O)C1=NN([C@H]2CCS(=O)(=O)C2)C(=O)CC1. The van der Waals surface area contributed by atoms with Gasteiger partial charge in [-0.05, 0) is 31.9 Å². The average Bonchev–Trinajstić information content (AvgIpc) is 3.03. The Morgan fingerprint density at radius 3 is 2.66 bits per heavy atom. The quantitative estimate of drug-likeness (QED) is 0.709. The average molecular weight is 421 g/mol. The molecule has 1 fully saturated rings. The molecule has 1 aromatic rings. The molecule has 0 unspecified atom stereocenters. The van der Waals surface area contributed by atoms with Gasteiger partial charge in [0.25, 0.3) is 5.91 Å². The summed E-state index contributed by atoms with van der Waals surface area (Å²) in [6.07, 6.45) is -0.661. The minimum absolute atomic E-state index is 0.00411. The van der Waals surface area contributed by atoms with E-state index < -0.39 is 33.9 Å². The lowest BCUT2D eigenvalue weighted by Gasteiger charge is -2.27. The number of anilines is 1. The van der Waals surface area contributed by atoms with E-state index in [0.717, 1.165) is 10.6 Å². The molecular formula is C19H23N3O6S. The van der Waals surface area contributed by atoms with Crippen LogP contribution in [0, 0.1) is 6.92 Å². The smallest absolute Gasteiger partial charge is 0.355 e. The molecule has 0 aliphatic carbocycles. The van der Waals surface area contributed by atoms with E-state index in [-0.39, 0.29) is 42.4 Å². The Morgan fingerprint density at radius 2 is 2.00 bits per heavy atom. The number of para-hydroxylation sites is 1. The van der Waals surface area contributed by atoms with Gasteiger partial charge in [-0.1, -0.05) is 18.2 Å². The van der Waals surface area contributed by atoms with Gasteiger partial charge in [0.05, 0.1) is 17.5 Å². The third-order valence-corrected chi connectivity index (χ3v) is 6.66. The monoisotopic (exact) mass is 421 g/mol. The fraction of sp³-hybridized carbons (Fsp3) is 0.474. The van der Waals surface area contributed by atoms with E-state index in [2.05, 4.69) is 10.4 Å². The van der Waals surface area contributed by atoms with E-state index in [0.29, 0.717) is 5.69 Å². The topological polar surface area (TPSA) is 122 Å². The van der Waals surface area contributed by atoms with Gasteiger partial charge < -0.3 is 10.1 Å². The summed E-state index contributed by atoms with van der Waals surface area (Å²) in [5.41, 5.74) is 1.50. The molecule has 2 aliphatic rings. The number of nitrogens with one attached hydrogen (secondary N) is 1. The van der Waals surface area contributed by atoms with Gasteiger partial charge in [0.15, 0.2) is 15.9 Å². The first kappa shape index (κ1) is 21.0. The molecule has 0 spiro atoms. The first-order valence-electron chi connectivity index (χ1n) is 9.34. The van der Waals surface area contributed by atoms with Crippen LogP contribution >= 0.6 is 0 Å². The van der Waals surface area contributed by atoms with E-state index in [1.807, 2.05) is 19.1 Å². The van der Waals surface area contributed by atoms with Gasteiger partial charge in [-0.2, -0.15) is 5.10 Å². The minimum atomic E-state index is -3.20. The minimum Gasteiger partial charge on any atom is -0.448 e. The second kappa shape index (κ2) is 8.32. The number of carbonyl (C=O) groups excluding carboxylic acids is 3. The summed E-state index contributed by atoms with van der Waals surface area (Å²) < 4.78 is 28.6. The number of ether oxygens (including phenoxy) is 1. The van der Waals surface area contributed by atoms with Crippen molar-refractivity contribution in [1.82, 2.24) is 5.01 Å². The van der Waals surface area contributed by atoms with Crippen molar-refractivity contribution in [2.45, 2.75) is 45.3 Å². The van der Waals surface area contributed by atoms with Crippen molar-refractivity contribution in [3.05, 3.63) is 29.8 Å². The molecule has 10 heteroatoms. The summed E-state index contributed by atoms with van der Waals surface area (Å²) in [7, 11) is -3.20. The highest BCUT2D eigenvalue weighted by molar-refractivity contribution is 7.91. The molecule has 1 aromatic carbocycles. The molecule has 0 saturated carbocycles. The number of sulfone groups is 1. The van der Waals surface area contributed by atoms with Crippen LogP contribution in [-0.2, 0) is 29.0 Å². The highest BCUT2D eigenvalue weighted by Gasteiger charge is 2.37. The van der Waals surface area contributed by atoms with Crippen LogP contribution < -0.4 is 5.32 Å². The number of hydrogen-bond acceptors (Lipinski definition) is 7. The van der Waals surface area contributed by atoms with Gasteiger partial charge in [0, 0.05) is 18.5 Å². The first-order valence-corrected chi connectivity index (χ1v) is 11.2. The van der Waals surface area contributed by atoms with E-state index in [4.69, 9.17) is 4.74 Å². The molecule has 3 rings (SSSR count). The van der Waals surface area contributed by atoms with Gasteiger partial charge in [-0.15, -0.1) is 0 Å². The predicted octanol–water partition coefficient (Wildman–Crippen LogP) is 1.03. The second-order valence-electron chi connectivity index (χ2n) is 7.19. The lowest BCUT2D eigenvalue weighted by atomic mass is 10.1. The Kier molecular flexibility index (Phi) is 6.02. The largest absolute Gasteiger partial charge is 0.448 e. The molecular weight excluding hydrogens is 398 g/mol. The number of nitrogens with zero attached hydrogens (tertiary/aromatic N) is 2. The fourth-order valence-electron chi connectivity index (χ4n) is 3.20. The Balaban J connectivity index is 1.64. The van der Waals surface area contributed by atoms with Crippen LogP contribution in [0.4, 0.5) is 5.69 Å². The number of hydrazone groups is 1. The molecule has 1 N–H and O–H groups in total. The maximum atomic E-state index is 12.4. The summed E-state index contributed by atoms with van der Waals surface area (Å²) in [6, 6.07) is 6.64. The summed E-state index contributed by atoms with van der Waals surface area (Å²) >= 11 is 0. The fourth-order valence-corrected chi connectivity index (χ4v) is 4.89. The number of rotatable bonds is 5. The van der Waals surface area contributed by atoms with Gasteiger partial charge in [0.2, 0.25) is 5.91 Å². The highest BCUT2D eigenvalue weighted by Crippen LogP contribution is 2.22. The maximum Gasteiger partial charge on any atom is 0.355 e. The maximum absolute atomic E-state index is 12.4. The summed E-state index contributed by atoms with van der Waals surface area (Å²) in [5, 5.41) is 7.84. The lowest BCUT2D eigenvalue weighted by Crippen LogP contribution is -2.42. The number of esters is 1. The zero-order valence-corrected chi connectivity index (χ0v) is 17.1. The Morgan fingerprint density at radius 1 is 1.28 bits per heavy atom. The molecule has 2 heterocycles. The van der Waals surface area contributed by atoms with Crippen molar-refractivity contribution in [2.24, 2.45) is 5.10 Å². The van der Waals surface area contributed by atoms with Crippen LogP contribution in [0.15, 0.2) is 29.4 Å². The van der Waals surface area contributed by atoms with Crippen LogP contribution in [0.5, 0.6) is 0 Å². The van der Waals surface area contributed by atoms with E-state index in [9.17, 15) is 22.8 Å². The summed E-state index contributed by atoms with van der Waals surface area (Å²) in [4.78, 5) is 36.9. The molecule has 9 nitrogen and oxygen atoms in total. The molecule has 156 valence electrons. The van der Waals surface area contributed by atoms with Crippen LogP contribution in [0.2, 0.25) is 0 Å². The van der Waals surface area contributed by atoms with Crippen LogP contribution in [-0.4, -0.2) is 60.6 Å². The van der Waals surface area contributed by atoms with E-state index >= 15 is 0 Å². The number of carbonyl (C=O) groups is 3. The van der Waals surface area contributed by atoms with Crippen LogP contribution in [0.25, 0.3) is 0 Å². The van der Waals surface area contributed by atoms with Gasteiger partial charge in [0.1, 0.15) is 5.71 Å². The molecule has 29 heavy (non-hydrogen) atoms. The van der Waals surface area contributed by atoms with Crippen molar-refractivity contribution in [1.29, 1.82) is 0 Å². The molecule has 0 bridgehead atoms. The van der Waals surface area contributed by atoms with E-state index in [1.165, 1.54) is 6.92 Å². The van der Waals surface area contributed by atoms with Crippen molar-refractivity contribution in [3.63, 3.8) is 0 Å². The zero-order chi connectivity index (χ0) is 21.2. The molecule has 1 saturated heterocycles. The van der Waals surface area contributed by atoms with Gasteiger partial charge in [-0.3, -0.25) is 9.59 Å². The van der Waals surface area contributed by atoms with E-state index in [1.54, 1.807) is 12.1 Å². The third kappa shape index (κ3) is 5.00. The standard InChI is InChI=1S/C19H23N3O6S/c1-12-5-3-4-6-15(12)20-18(24)13(2)28-19(25)16-7-8-17(23)22(21-16)14-9-10-29(26,27)11-14/h3-6,13-14H,7-11H2,1-2H3,(H,20,24)/t13-,14+/m1/s1. The van der Waals surface area contributed by atoms with Crippen LogP contribution in [0.3, 0.4) is 0 Å². The van der Waals surface area contributed by atoms with Gasteiger partial charge >= 0.3 is 5.97 Å². The Labute approximate surface area is 169 Å². The normalized spacial score (nSPS) is 22.0. The Bertz CT molecular complexity index is 972. The van der Waals surface area contributed by atoms with Crippen molar-refractivity contribution in [3.8, 4) is 0 Å². The van der Waals surface area contributed by atoms with Crippen molar-refractivity contribution >= 4 is 39.0 Å². The van der Waals surface area contributed by atoms with Crippen molar-refractivity contribution in [2.75, 3.05) is 16.8 Å². The van der Waals surface area contributed by atoms with Crippen LogP contribution in [0.1, 0.15) is 31.7 Å². The zero-order valence-electron chi connectivity index (χ0n) is 16.3. The first-order chi connectivity index (χ1) is 13.7. The highest BCUT2D eigenvalue weighted by atomic mass is 32.2. The molecule has 0 aromatic heterocycles. The second-order valence-corrected chi connectivity index (χ2v) is 9.42.